The summed E-state index contributed by atoms with van der Waals surface area (Å²) in [6, 6.07) is 11.3. The predicted molar refractivity (Wildman–Crippen MR) is 114 cm³/mol. The number of rotatable bonds is 5. The predicted octanol–water partition coefficient (Wildman–Crippen LogP) is 4.64. The first-order chi connectivity index (χ1) is 14.7. The van der Waals surface area contributed by atoms with Gasteiger partial charge in [-0.3, -0.25) is 19.3 Å². The van der Waals surface area contributed by atoms with E-state index in [2.05, 4.69) is 9.55 Å². The van der Waals surface area contributed by atoms with Crippen molar-refractivity contribution in [3.63, 3.8) is 0 Å². The number of fused-ring (bicyclic) bond motifs is 3. The molecule has 0 spiro atoms. The van der Waals surface area contributed by atoms with Crippen molar-refractivity contribution in [3.8, 4) is 5.69 Å². The summed E-state index contributed by atoms with van der Waals surface area (Å²) in [4.78, 5) is 26.2. The molecule has 0 amide bonds. The molecule has 152 valence electrons. The van der Waals surface area contributed by atoms with Crippen LogP contribution in [0, 0.1) is 0 Å². The molecule has 2 aromatic heterocycles. The number of hydrogen-bond acceptors (Lipinski definition) is 5. The summed E-state index contributed by atoms with van der Waals surface area (Å²) in [5.74, 6) is 1.10. The van der Waals surface area contributed by atoms with Crippen molar-refractivity contribution >= 4 is 23.3 Å². The van der Waals surface area contributed by atoms with Gasteiger partial charge in [0.15, 0.2) is 0 Å². The fraction of sp³-hybridized carbons (Fsp3) is 0.304. The van der Waals surface area contributed by atoms with Crippen LogP contribution in [0.25, 0.3) is 5.69 Å². The number of halogens is 1. The van der Waals surface area contributed by atoms with Crippen LogP contribution in [-0.2, 0) is 9.53 Å². The monoisotopic (exact) mass is 420 g/mol. The summed E-state index contributed by atoms with van der Waals surface area (Å²) >= 11 is 6.39. The number of methoxy groups -OCH3 is 1. The van der Waals surface area contributed by atoms with E-state index in [0.29, 0.717) is 17.4 Å². The topological polar surface area (TPSA) is 69.4 Å². The zero-order valence-corrected chi connectivity index (χ0v) is 17.3. The summed E-state index contributed by atoms with van der Waals surface area (Å²) in [6.07, 6.45) is 6.81. The number of benzene rings is 1. The van der Waals surface area contributed by atoms with Crippen molar-refractivity contribution < 1.29 is 9.53 Å². The van der Waals surface area contributed by atoms with E-state index in [1.54, 1.807) is 6.20 Å². The number of imidazole rings is 1. The zero-order valence-electron chi connectivity index (χ0n) is 16.6. The van der Waals surface area contributed by atoms with E-state index in [0.717, 1.165) is 41.3 Å². The van der Waals surface area contributed by atoms with Gasteiger partial charge in [-0.2, -0.15) is 0 Å². The van der Waals surface area contributed by atoms with Gasteiger partial charge in [-0.1, -0.05) is 17.7 Å². The van der Waals surface area contributed by atoms with E-state index < -0.39 is 0 Å². The molecular formula is C23H21ClN4O2. The first-order valence-electron chi connectivity index (χ1n) is 10.1. The Morgan fingerprint density at radius 2 is 2.10 bits per heavy atom. The number of hydrogen-bond donors (Lipinski definition) is 0. The average molecular weight is 421 g/mol. The van der Waals surface area contributed by atoms with Gasteiger partial charge in [0.05, 0.1) is 24.2 Å². The second-order valence-corrected chi connectivity index (χ2v) is 8.07. The van der Waals surface area contributed by atoms with Gasteiger partial charge in [-0.25, -0.2) is 4.98 Å². The molecule has 0 radical (unpaired) electrons. The number of carbonyl (C=O) groups excluding carboxylic acids is 1. The summed E-state index contributed by atoms with van der Waals surface area (Å²) in [5.41, 5.74) is 4.63. The minimum Gasteiger partial charge on any atom is -0.469 e. The van der Waals surface area contributed by atoms with Crippen LogP contribution in [0.2, 0.25) is 5.02 Å². The minimum atomic E-state index is -0.292. The van der Waals surface area contributed by atoms with E-state index in [4.69, 9.17) is 26.3 Å². The van der Waals surface area contributed by atoms with Crippen molar-refractivity contribution in [1.82, 2.24) is 14.5 Å². The number of aliphatic imine (C=N–C) groups is 1. The Balaban J connectivity index is 1.72. The maximum atomic E-state index is 11.9. The molecular weight excluding hydrogens is 400 g/mol. The molecule has 1 atom stereocenters. The number of aromatic nitrogens is 3. The van der Waals surface area contributed by atoms with Crippen LogP contribution in [0.3, 0.4) is 0 Å². The van der Waals surface area contributed by atoms with Gasteiger partial charge in [0, 0.05) is 41.0 Å². The van der Waals surface area contributed by atoms with Crippen LogP contribution in [0.1, 0.15) is 60.4 Å². The van der Waals surface area contributed by atoms with Crippen LogP contribution in [0.5, 0.6) is 0 Å². The maximum absolute atomic E-state index is 11.9. The van der Waals surface area contributed by atoms with Crippen molar-refractivity contribution in [2.45, 2.75) is 37.6 Å². The van der Waals surface area contributed by atoms with Gasteiger partial charge in [-0.15, -0.1) is 0 Å². The van der Waals surface area contributed by atoms with E-state index in [9.17, 15) is 4.79 Å². The van der Waals surface area contributed by atoms with Gasteiger partial charge >= 0.3 is 5.97 Å². The van der Waals surface area contributed by atoms with Crippen LogP contribution in [-0.4, -0.2) is 33.3 Å². The second kappa shape index (κ2) is 7.69. The third kappa shape index (κ3) is 3.41. The maximum Gasteiger partial charge on any atom is 0.305 e. The molecule has 1 fully saturated rings. The molecule has 2 aliphatic rings. The summed E-state index contributed by atoms with van der Waals surface area (Å²) < 4.78 is 7.07. The van der Waals surface area contributed by atoms with Crippen LogP contribution in [0.4, 0.5) is 0 Å². The highest BCUT2D eigenvalue weighted by Gasteiger charge is 2.34. The van der Waals surface area contributed by atoms with Crippen LogP contribution < -0.4 is 0 Å². The minimum absolute atomic E-state index is 0.255. The average Bonchev–Trinajstić information content (AvgIpc) is 3.55. The molecule has 1 aliphatic heterocycles. The lowest BCUT2D eigenvalue weighted by molar-refractivity contribution is -0.140. The van der Waals surface area contributed by atoms with Crippen molar-refractivity contribution in [2.75, 3.05) is 7.11 Å². The fourth-order valence-corrected chi connectivity index (χ4v) is 4.15. The molecule has 0 bridgehead atoms. The normalized spacial score (nSPS) is 17.5. The number of pyridine rings is 1. The Labute approximate surface area is 179 Å². The standard InChI is InChI=1S/C23H21ClN4O2/c1-30-21(29)10-8-18-23-26-13-20(14-5-6-14)28(23)19-9-7-15(24)12-16(19)22(27-18)17-4-2-3-11-25-17/h2-4,7,9,11-14,18H,5-6,8,10H2,1H3. The van der Waals surface area contributed by atoms with Gasteiger partial charge in [0.2, 0.25) is 0 Å². The molecule has 1 aliphatic carbocycles. The van der Waals surface area contributed by atoms with Crippen molar-refractivity contribution in [3.05, 3.63) is 76.6 Å². The Bertz CT molecular complexity index is 1140. The lowest BCUT2D eigenvalue weighted by atomic mass is 10.0. The highest BCUT2D eigenvalue weighted by molar-refractivity contribution is 6.31. The molecule has 0 saturated heterocycles. The Morgan fingerprint density at radius 1 is 1.23 bits per heavy atom. The quantitative estimate of drug-likeness (QED) is 0.563. The van der Waals surface area contributed by atoms with Gasteiger partial charge in [0.1, 0.15) is 11.9 Å². The summed E-state index contributed by atoms with van der Waals surface area (Å²) in [6.45, 7) is 0. The van der Waals surface area contributed by atoms with E-state index in [-0.39, 0.29) is 18.4 Å². The zero-order chi connectivity index (χ0) is 20.7. The summed E-state index contributed by atoms with van der Waals surface area (Å²) in [7, 11) is 1.40. The number of esters is 1. The van der Waals surface area contributed by atoms with Gasteiger partial charge in [0.25, 0.3) is 0 Å². The first-order valence-corrected chi connectivity index (χ1v) is 10.5. The highest BCUT2D eigenvalue weighted by atomic mass is 35.5. The Kier molecular flexibility index (Phi) is 4.87. The lowest BCUT2D eigenvalue weighted by Gasteiger charge is -2.15. The number of nitrogens with zero attached hydrogens (tertiary/aromatic N) is 4. The largest absolute Gasteiger partial charge is 0.469 e. The third-order valence-corrected chi connectivity index (χ3v) is 5.84. The highest BCUT2D eigenvalue weighted by Crippen LogP contribution is 2.44. The molecule has 1 saturated carbocycles. The Hall–Kier alpha value is -2.99. The lowest BCUT2D eigenvalue weighted by Crippen LogP contribution is -2.10. The molecule has 7 heteroatoms. The van der Waals surface area contributed by atoms with Gasteiger partial charge in [-0.05, 0) is 49.6 Å². The van der Waals surface area contributed by atoms with Crippen LogP contribution >= 0.6 is 11.6 Å². The van der Waals surface area contributed by atoms with E-state index in [1.165, 1.54) is 12.8 Å². The number of carbonyl (C=O) groups is 1. The smallest absolute Gasteiger partial charge is 0.305 e. The second-order valence-electron chi connectivity index (χ2n) is 7.64. The molecule has 5 rings (SSSR count). The third-order valence-electron chi connectivity index (χ3n) is 5.61. The fourth-order valence-electron chi connectivity index (χ4n) is 3.98. The molecule has 3 heterocycles. The number of ether oxygens (including phenoxy) is 1. The van der Waals surface area contributed by atoms with E-state index >= 15 is 0 Å². The van der Waals surface area contributed by atoms with Crippen LogP contribution in [0.15, 0.2) is 53.8 Å². The molecule has 0 N–H and O–H groups in total. The van der Waals surface area contributed by atoms with Gasteiger partial charge < -0.3 is 4.74 Å². The summed E-state index contributed by atoms with van der Waals surface area (Å²) in [5, 5.41) is 0.639. The SMILES string of the molecule is COC(=O)CCC1N=C(c2ccccn2)c2cc(Cl)ccc2-n2c(C3CC3)cnc21. The molecule has 6 nitrogen and oxygen atoms in total. The molecule has 30 heavy (non-hydrogen) atoms. The molecule has 1 unspecified atom stereocenters. The Morgan fingerprint density at radius 3 is 2.83 bits per heavy atom. The molecule has 3 aromatic rings. The van der Waals surface area contributed by atoms with E-state index in [1.807, 2.05) is 42.6 Å². The molecule has 1 aromatic carbocycles. The van der Waals surface area contributed by atoms with Crippen molar-refractivity contribution in [2.24, 2.45) is 4.99 Å². The first kappa shape index (κ1) is 19.0. The van der Waals surface area contributed by atoms with Crippen molar-refractivity contribution in [1.29, 1.82) is 0 Å².